The van der Waals surface area contributed by atoms with Crippen LogP contribution in [0, 0.1) is 11.3 Å². The lowest BCUT2D eigenvalue weighted by atomic mass is 10.1. The Morgan fingerprint density at radius 3 is 2.76 bits per heavy atom. The van der Waals surface area contributed by atoms with E-state index < -0.39 is 12.0 Å². The van der Waals surface area contributed by atoms with Crippen LogP contribution in [0.15, 0.2) is 36.0 Å². The minimum Gasteiger partial charge on any atom is -0.392 e. The van der Waals surface area contributed by atoms with Gasteiger partial charge in [0, 0.05) is 24.0 Å². The molecule has 0 radical (unpaired) electrons. The lowest BCUT2D eigenvalue weighted by Crippen LogP contribution is -2.22. The highest BCUT2D eigenvalue weighted by Gasteiger charge is 2.10. The summed E-state index contributed by atoms with van der Waals surface area (Å²) in [5.41, 5.74) is 0.788. The largest absolute Gasteiger partial charge is 0.392 e. The van der Waals surface area contributed by atoms with Gasteiger partial charge in [0.2, 0.25) is 0 Å². The SMILES string of the molecule is CC(=O)c1cccc(NC(=O)/C(C#N)=C\NCC(C)O)c1. The number of amides is 1. The third kappa shape index (κ3) is 5.47. The molecule has 1 unspecified atom stereocenters. The summed E-state index contributed by atoms with van der Waals surface area (Å²) < 4.78 is 0. The van der Waals surface area contributed by atoms with Gasteiger partial charge in [0.25, 0.3) is 5.91 Å². The van der Waals surface area contributed by atoms with Gasteiger partial charge in [-0.3, -0.25) is 9.59 Å². The van der Waals surface area contributed by atoms with Crippen LogP contribution in [0.1, 0.15) is 24.2 Å². The van der Waals surface area contributed by atoms with E-state index in [0.717, 1.165) is 0 Å². The summed E-state index contributed by atoms with van der Waals surface area (Å²) in [6, 6.07) is 8.23. The molecule has 0 fully saturated rings. The predicted molar refractivity (Wildman–Crippen MR) is 78.5 cm³/mol. The zero-order chi connectivity index (χ0) is 15.8. The van der Waals surface area contributed by atoms with Crippen molar-refractivity contribution in [2.45, 2.75) is 20.0 Å². The Morgan fingerprint density at radius 1 is 1.48 bits per heavy atom. The molecule has 1 atom stereocenters. The molecular weight excluding hydrogens is 270 g/mol. The average Bonchev–Trinajstić information content (AvgIpc) is 2.43. The summed E-state index contributed by atoms with van der Waals surface area (Å²) in [5.74, 6) is -0.697. The second kappa shape index (κ2) is 7.82. The zero-order valence-corrected chi connectivity index (χ0v) is 11.9. The third-order valence-corrected chi connectivity index (χ3v) is 2.55. The highest BCUT2D eigenvalue weighted by Crippen LogP contribution is 2.12. The number of hydrogen-bond acceptors (Lipinski definition) is 5. The van der Waals surface area contributed by atoms with E-state index in [1.807, 2.05) is 0 Å². The van der Waals surface area contributed by atoms with Crippen LogP contribution in [0.4, 0.5) is 5.69 Å². The summed E-state index contributed by atoms with van der Waals surface area (Å²) >= 11 is 0. The van der Waals surface area contributed by atoms with E-state index >= 15 is 0 Å². The van der Waals surface area contributed by atoms with Crippen LogP contribution >= 0.6 is 0 Å². The number of hydrogen-bond donors (Lipinski definition) is 3. The molecule has 1 rings (SSSR count). The zero-order valence-electron chi connectivity index (χ0n) is 11.9. The molecule has 3 N–H and O–H groups in total. The van der Waals surface area contributed by atoms with Crippen molar-refractivity contribution in [3.63, 3.8) is 0 Å². The Hall–Kier alpha value is -2.65. The Morgan fingerprint density at radius 2 is 2.19 bits per heavy atom. The van der Waals surface area contributed by atoms with Gasteiger partial charge in [-0.25, -0.2) is 0 Å². The molecule has 6 nitrogen and oxygen atoms in total. The maximum absolute atomic E-state index is 11.9. The fourth-order valence-corrected chi connectivity index (χ4v) is 1.49. The van der Waals surface area contributed by atoms with E-state index in [4.69, 9.17) is 10.4 Å². The molecule has 0 aliphatic rings. The quantitative estimate of drug-likeness (QED) is 0.414. The van der Waals surface area contributed by atoms with E-state index in [9.17, 15) is 9.59 Å². The molecule has 0 bridgehead atoms. The minimum atomic E-state index is -0.587. The molecule has 0 aliphatic carbocycles. The first-order valence-corrected chi connectivity index (χ1v) is 6.38. The number of anilines is 1. The number of rotatable bonds is 6. The van der Waals surface area contributed by atoms with Gasteiger partial charge in [-0.1, -0.05) is 12.1 Å². The van der Waals surface area contributed by atoms with Crippen LogP contribution in [0.5, 0.6) is 0 Å². The molecule has 0 spiro atoms. The first kappa shape index (κ1) is 16.4. The third-order valence-electron chi connectivity index (χ3n) is 2.55. The number of carbonyl (C=O) groups is 2. The van der Waals surface area contributed by atoms with Crippen LogP contribution in [-0.4, -0.2) is 29.4 Å². The standard InChI is InChI=1S/C15H17N3O3/c1-10(19)8-17-9-13(7-16)15(21)18-14-5-3-4-12(6-14)11(2)20/h3-6,9-10,17,19H,8H2,1-2H3,(H,18,21)/b13-9-. The summed E-state index contributed by atoms with van der Waals surface area (Å²) in [6.45, 7) is 3.25. The van der Waals surface area contributed by atoms with E-state index in [-0.39, 0.29) is 17.9 Å². The van der Waals surface area contributed by atoms with Crippen molar-refractivity contribution in [1.82, 2.24) is 5.32 Å². The number of nitrogens with zero attached hydrogens (tertiary/aromatic N) is 1. The van der Waals surface area contributed by atoms with Crippen molar-refractivity contribution in [3.05, 3.63) is 41.6 Å². The van der Waals surface area contributed by atoms with Gasteiger partial charge in [0.1, 0.15) is 11.6 Å². The number of nitriles is 1. The fourth-order valence-electron chi connectivity index (χ4n) is 1.49. The number of Topliss-reactive ketones (excluding diaryl/α,β-unsaturated/α-hetero) is 1. The number of carbonyl (C=O) groups excluding carboxylic acids is 2. The van der Waals surface area contributed by atoms with Crippen LogP contribution < -0.4 is 10.6 Å². The Labute approximate surface area is 123 Å². The second-order valence-corrected chi connectivity index (χ2v) is 4.52. The highest BCUT2D eigenvalue weighted by atomic mass is 16.3. The molecule has 6 heteroatoms. The van der Waals surface area contributed by atoms with Crippen molar-refractivity contribution in [2.24, 2.45) is 0 Å². The van der Waals surface area contributed by atoms with Crippen LogP contribution in [0.2, 0.25) is 0 Å². The lowest BCUT2D eigenvalue weighted by molar-refractivity contribution is -0.112. The number of benzene rings is 1. The molecule has 1 aromatic rings. The molecular formula is C15H17N3O3. The Bertz CT molecular complexity index is 600. The molecule has 1 amide bonds. The Kier molecular flexibility index (Phi) is 6.11. The number of aliphatic hydroxyl groups is 1. The van der Waals surface area contributed by atoms with Crippen LogP contribution in [0.3, 0.4) is 0 Å². The molecule has 1 aromatic carbocycles. The normalized spacial score (nSPS) is 12.2. The number of aliphatic hydroxyl groups excluding tert-OH is 1. The van der Waals surface area contributed by atoms with Gasteiger partial charge in [-0.15, -0.1) is 0 Å². The fraction of sp³-hybridized carbons (Fsp3) is 0.267. The van der Waals surface area contributed by atoms with Crippen molar-refractivity contribution in [1.29, 1.82) is 5.26 Å². The molecule has 0 saturated carbocycles. The van der Waals surface area contributed by atoms with Gasteiger partial charge in [-0.05, 0) is 26.0 Å². The molecule has 0 saturated heterocycles. The monoisotopic (exact) mass is 287 g/mol. The summed E-state index contributed by atoms with van der Waals surface area (Å²) in [4.78, 5) is 23.2. The van der Waals surface area contributed by atoms with Gasteiger partial charge < -0.3 is 15.7 Å². The number of ketones is 1. The van der Waals surface area contributed by atoms with E-state index in [1.165, 1.54) is 13.1 Å². The van der Waals surface area contributed by atoms with Gasteiger partial charge in [-0.2, -0.15) is 5.26 Å². The van der Waals surface area contributed by atoms with E-state index in [0.29, 0.717) is 11.3 Å². The maximum Gasteiger partial charge on any atom is 0.267 e. The van der Waals surface area contributed by atoms with Crippen molar-refractivity contribution < 1.29 is 14.7 Å². The maximum atomic E-state index is 11.9. The highest BCUT2D eigenvalue weighted by molar-refractivity contribution is 6.07. The Balaban J connectivity index is 2.77. The topological polar surface area (TPSA) is 102 Å². The smallest absolute Gasteiger partial charge is 0.267 e. The van der Waals surface area contributed by atoms with Gasteiger partial charge >= 0.3 is 0 Å². The first-order chi connectivity index (χ1) is 9.93. The average molecular weight is 287 g/mol. The summed E-state index contributed by atoms with van der Waals surface area (Å²) in [7, 11) is 0. The van der Waals surface area contributed by atoms with E-state index in [1.54, 1.807) is 37.3 Å². The molecule has 0 aliphatic heterocycles. The van der Waals surface area contributed by atoms with Gasteiger partial charge in [0.05, 0.1) is 6.10 Å². The lowest BCUT2D eigenvalue weighted by Gasteiger charge is -2.07. The first-order valence-electron chi connectivity index (χ1n) is 6.38. The molecule has 0 aromatic heterocycles. The van der Waals surface area contributed by atoms with Crippen LogP contribution in [-0.2, 0) is 4.79 Å². The summed E-state index contributed by atoms with van der Waals surface area (Å²) in [6.07, 6.45) is 0.660. The van der Waals surface area contributed by atoms with Gasteiger partial charge in [0.15, 0.2) is 5.78 Å². The molecule has 110 valence electrons. The summed E-state index contributed by atoms with van der Waals surface area (Å²) in [5, 5.41) is 23.3. The second-order valence-electron chi connectivity index (χ2n) is 4.52. The molecule has 21 heavy (non-hydrogen) atoms. The molecule has 0 heterocycles. The van der Waals surface area contributed by atoms with Crippen molar-refractivity contribution in [3.8, 4) is 6.07 Å². The van der Waals surface area contributed by atoms with Crippen LogP contribution in [0.25, 0.3) is 0 Å². The van der Waals surface area contributed by atoms with Crippen molar-refractivity contribution >= 4 is 17.4 Å². The van der Waals surface area contributed by atoms with E-state index in [2.05, 4.69) is 10.6 Å². The number of nitrogens with one attached hydrogen (secondary N) is 2. The minimum absolute atomic E-state index is 0.110. The predicted octanol–water partition coefficient (Wildman–Crippen LogP) is 1.21. The van der Waals surface area contributed by atoms with Crippen molar-refractivity contribution in [2.75, 3.05) is 11.9 Å².